The molecule has 106 valence electrons. The molecule has 2 nitrogen and oxygen atoms in total. The summed E-state index contributed by atoms with van der Waals surface area (Å²) in [6.45, 7) is 2.62. The average molecular weight is 272 g/mol. The smallest absolute Gasteiger partial charge is 0.0722 e. The van der Waals surface area contributed by atoms with Crippen LogP contribution < -0.4 is 0 Å². The van der Waals surface area contributed by atoms with Crippen LogP contribution in [-0.4, -0.2) is 23.6 Å². The lowest BCUT2D eigenvalue weighted by atomic mass is 9.71. The van der Waals surface area contributed by atoms with Crippen LogP contribution in [0.1, 0.15) is 58.3 Å². The molecule has 18 heavy (non-hydrogen) atoms. The van der Waals surface area contributed by atoms with Gasteiger partial charge in [0.15, 0.2) is 0 Å². The van der Waals surface area contributed by atoms with Gasteiger partial charge in [-0.15, -0.1) is 0 Å². The van der Waals surface area contributed by atoms with Crippen molar-refractivity contribution in [1.82, 2.24) is 0 Å². The predicted molar refractivity (Wildman–Crippen MR) is 77.5 cm³/mol. The molecule has 1 N–H and O–H groups in total. The third-order valence-corrected chi connectivity index (χ3v) is 5.58. The maximum Gasteiger partial charge on any atom is 0.0722 e. The van der Waals surface area contributed by atoms with Crippen LogP contribution in [0.2, 0.25) is 0 Å². The summed E-state index contributed by atoms with van der Waals surface area (Å²) in [7, 11) is 0. The van der Waals surface area contributed by atoms with E-state index in [1.54, 1.807) is 0 Å². The van der Waals surface area contributed by atoms with Gasteiger partial charge < -0.3 is 9.29 Å². The molecule has 0 aromatic carbocycles. The molecule has 0 atom stereocenters. The molecule has 0 amide bonds. The van der Waals surface area contributed by atoms with Crippen LogP contribution in [0, 0.1) is 17.8 Å². The normalized spacial score (nSPS) is 37.7. The molecule has 0 spiro atoms. The Bertz CT molecular complexity index is 219. The summed E-state index contributed by atoms with van der Waals surface area (Å²) in [5.41, 5.74) is 0. The average Bonchev–Trinajstić information content (AvgIpc) is 2.41. The first-order valence-corrected chi connectivity index (χ1v) is 8.59. The van der Waals surface area contributed by atoms with Gasteiger partial charge in [0.25, 0.3) is 0 Å². The predicted octanol–water partition coefficient (Wildman–Crippen LogP) is 4.03. The van der Waals surface area contributed by atoms with Crippen molar-refractivity contribution in [2.45, 2.75) is 64.4 Å². The Morgan fingerprint density at radius 3 is 2.06 bits per heavy atom. The third kappa shape index (κ3) is 4.43. The molecule has 2 saturated carbocycles. The summed E-state index contributed by atoms with van der Waals surface area (Å²) >= 11 is 1.45. The highest BCUT2D eigenvalue weighted by atomic mass is 32.2. The molecule has 0 saturated heterocycles. The van der Waals surface area contributed by atoms with Gasteiger partial charge in [-0.05, 0) is 68.3 Å². The zero-order valence-corrected chi connectivity index (χ0v) is 12.5. The van der Waals surface area contributed by atoms with Gasteiger partial charge in [0, 0.05) is 5.75 Å². The van der Waals surface area contributed by atoms with Crippen molar-refractivity contribution in [3.8, 4) is 0 Å². The van der Waals surface area contributed by atoms with Gasteiger partial charge in [-0.1, -0.05) is 19.8 Å². The van der Waals surface area contributed by atoms with Crippen molar-refractivity contribution in [3.05, 3.63) is 0 Å². The molecular weight excluding hydrogens is 244 g/mol. The van der Waals surface area contributed by atoms with Crippen molar-refractivity contribution in [2.75, 3.05) is 12.4 Å². The SMILES string of the molecule is CC1CCC(C2CCC(OSCCO)CC2)CC1. The molecule has 0 unspecified atom stereocenters. The molecule has 0 aromatic heterocycles. The first-order chi connectivity index (χ1) is 8.79. The molecule has 2 rings (SSSR count). The Balaban J connectivity index is 1.63. The number of aliphatic hydroxyl groups excluding tert-OH is 1. The van der Waals surface area contributed by atoms with Crippen molar-refractivity contribution in [2.24, 2.45) is 17.8 Å². The van der Waals surface area contributed by atoms with Crippen molar-refractivity contribution in [3.63, 3.8) is 0 Å². The van der Waals surface area contributed by atoms with Crippen molar-refractivity contribution >= 4 is 12.0 Å². The van der Waals surface area contributed by atoms with E-state index in [9.17, 15) is 0 Å². The second-order valence-electron chi connectivity index (χ2n) is 6.20. The van der Waals surface area contributed by atoms with Crippen LogP contribution in [0.5, 0.6) is 0 Å². The summed E-state index contributed by atoms with van der Waals surface area (Å²) in [4.78, 5) is 0. The highest BCUT2D eigenvalue weighted by Gasteiger charge is 2.30. The van der Waals surface area contributed by atoms with E-state index in [2.05, 4.69) is 6.92 Å². The van der Waals surface area contributed by atoms with E-state index < -0.39 is 0 Å². The first kappa shape index (κ1) is 14.7. The maximum atomic E-state index is 8.73. The van der Waals surface area contributed by atoms with Crippen LogP contribution in [0.4, 0.5) is 0 Å². The zero-order valence-electron chi connectivity index (χ0n) is 11.6. The Labute approximate surface area is 116 Å². The van der Waals surface area contributed by atoms with Crippen LogP contribution in [0.3, 0.4) is 0 Å². The minimum Gasteiger partial charge on any atom is -0.395 e. The molecule has 2 aliphatic rings. The second kappa shape index (κ2) is 7.76. The summed E-state index contributed by atoms with van der Waals surface area (Å²) in [6.07, 6.45) is 11.5. The van der Waals surface area contributed by atoms with Crippen LogP contribution in [0.15, 0.2) is 0 Å². The fourth-order valence-electron chi connectivity index (χ4n) is 3.60. The molecule has 0 heterocycles. The maximum absolute atomic E-state index is 8.73. The minimum absolute atomic E-state index is 0.222. The molecular formula is C15H28O2S. The quantitative estimate of drug-likeness (QED) is 0.605. The molecule has 0 bridgehead atoms. The summed E-state index contributed by atoms with van der Waals surface area (Å²) in [6, 6.07) is 0. The van der Waals surface area contributed by atoms with Crippen LogP contribution >= 0.6 is 12.0 Å². The van der Waals surface area contributed by atoms with Crippen LogP contribution in [-0.2, 0) is 4.18 Å². The lowest BCUT2D eigenvalue weighted by Gasteiger charge is -2.36. The molecule has 2 fully saturated rings. The van der Waals surface area contributed by atoms with E-state index in [4.69, 9.17) is 9.29 Å². The van der Waals surface area contributed by atoms with Gasteiger partial charge in [0.1, 0.15) is 0 Å². The number of aliphatic hydroxyl groups is 1. The number of rotatable bonds is 5. The lowest BCUT2D eigenvalue weighted by molar-refractivity contribution is 0.107. The Hall–Kier alpha value is 0.270. The van der Waals surface area contributed by atoms with Gasteiger partial charge in [-0.2, -0.15) is 0 Å². The third-order valence-electron chi connectivity index (χ3n) is 4.82. The van der Waals surface area contributed by atoms with E-state index in [-0.39, 0.29) is 6.61 Å². The Morgan fingerprint density at radius 1 is 0.944 bits per heavy atom. The molecule has 0 radical (unpaired) electrons. The molecule has 2 aliphatic carbocycles. The topological polar surface area (TPSA) is 29.5 Å². The second-order valence-corrected chi connectivity index (χ2v) is 7.03. The van der Waals surface area contributed by atoms with Crippen LogP contribution in [0.25, 0.3) is 0 Å². The van der Waals surface area contributed by atoms with Crippen molar-refractivity contribution < 1.29 is 9.29 Å². The van der Waals surface area contributed by atoms with E-state index in [0.29, 0.717) is 11.9 Å². The summed E-state index contributed by atoms with van der Waals surface area (Å²) in [5.74, 6) is 3.66. The summed E-state index contributed by atoms with van der Waals surface area (Å²) in [5, 5.41) is 8.73. The fraction of sp³-hybridized carbons (Fsp3) is 1.00. The monoisotopic (exact) mass is 272 g/mol. The highest BCUT2D eigenvalue weighted by molar-refractivity contribution is 7.94. The highest BCUT2D eigenvalue weighted by Crippen LogP contribution is 2.40. The first-order valence-electron chi connectivity index (χ1n) is 7.68. The van der Waals surface area contributed by atoms with Gasteiger partial charge in [-0.3, -0.25) is 0 Å². The van der Waals surface area contributed by atoms with E-state index >= 15 is 0 Å². The minimum atomic E-state index is 0.222. The Morgan fingerprint density at radius 2 is 1.50 bits per heavy atom. The van der Waals surface area contributed by atoms with E-state index in [1.165, 1.54) is 63.4 Å². The standard InChI is InChI=1S/C15H28O2S/c1-12-2-4-13(5-3-12)14-6-8-15(9-7-14)17-18-11-10-16/h12-16H,2-11H2,1H3. The van der Waals surface area contributed by atoms with Gasteiger partial charge in [-0.25, -0.2) is 0 Å². The summed E-state index contributed by atoms with van der Waals surface area (Å²) < 4.78 is 5.73. The van der Waals surface area contributed by atoms with E-state index in [0.717, 1.165) is 17.8 Å². The lowest BCUT2D eigenvalue weighted by Crippen LogP contribution is -2.27. The molecule has 0 aliphatic heterocycles. The Kier molecular flexibility index (Phi) is 6.33. The van der Waals surface area contributed by atoms with Gasteiger partial charge >= 0.3 is 0 Å². The number of hydrogen-bond acceptors (Lipinski definition) is 3. The fourth-order valence-corrected chi connectivity index (χ4v) is 4.15. The molecule has 3 heteroatoms. The molecule has 0 aromatic rings. The van der Waals surface area contributed by atoms with E-state index in [1.807, 2.05) is 0 Å². The van der Waals surface area contributed by atoms with Gasteiger partial charge in [0.2, 0.25) is 0 Å². The largest absolute Gasteiger partial charge is 0.395 e. The zero-order chi connectivity index (χ0) is 12.8. The number of hydrogen-bond donors (Lipinski definition) is 1. The van der Waals surface area contributed by atoms with Crippen molar-refractivity contribution in [1.29, 1.82) is 0 Å². The van der Waals surface area contributed by atoms with Gasteiger partial charge in [0.05, 0.1) is 12.7 Å².